The van der Waals surface area contributed by atoms with Gasteiger partial charge in [0.2, 0.25) is 0 Å². The topological polar surface area (TPSA) is 66.8 Å². The SMILES string of the molecule is O=C(O)CC(O)c1ccc(OCc2ccccc2SC(F)(F)F)cc1. The molecular weight excluding hydrogens is 357 g/mol. The molecule has 0 fully saturated rings. The van der Waals surface area contributed by atoms with Crippen LogP contribution < -0.4 is 4.74 Å². The number of carboxylic acids is 1. The first-order valence-corrected chi connectivity index (χ1v) is 8.02. The van der Waals surface area contributed by atoms with Gasteiger partial charge in [-0.1, -0.05) is 30.3 Å². The second-order valence-corrected chi connectivity index (χ2v) is 6.23. The van der Waals surface area contributed by atoms with E-state index in [0.29, 0.717) is 16.9 Å². The lowest BCUT2D eigenvalue weighted by Gasteiger charge is -2.13. The van der Waals surface area contributed by atoms with Crippen LogP contribution in [0.1, 0.15) is 23.7 Å². The maximum Gasteiger partial charge on any atom is 0.446 e. The fourth-order valence-corrected chi connectivity index (χ4v) is 2.73. The number of halogens is 3. The second kappa shape index (κ2) is 8.26. The van der Waals surface area contributed by atoms with Crippen molar-refractivity contribution in [2.75, 3.05) is 0 Å². The molecular formula is C17H15F3O4S. The smallest absolute Gasteiger partial charge is 0.446 e. The normalized spacial score (nSPS) is 12.6. The van der Waals surface area contributed by atoms with Crippen molar-refractivity contribution >= 4 is 17.7 Å². The Morgan fingerprint density at radius 3 is 2.36 bits per heavy atom. The lowest BCUT2D eigenvalue weighted by atomic mass is 10.1. The van der Waals surface area contributed by atoms with Crippen molar-refractivity contribution in [2.24, 2.45) is 0 Å². The molecule has 1 unspecified atom stereocenters. The summed E-state index contributed by atoms with van der Waals surface area (Å²) in [5, 5.41) is 18.4. The van der Waals surface area contributed by atoms with E-state index in [1.807, 2.05) is 0 Å². The van der Waals surface area contributed by atoms with E-state index in [0.717, 1.165) is 0 Å². The average Bonchev–Trinajstić information content (AvgIpc) is 2.52. The van der Waals surface area contributed by atoms with Gasteiger partial charge in [-0.25, -0.2) is 0 Å². The predicted octanol–water partition coefficient (Wildman–Crippen LogP) is 4.39. The Morgan fingerprint density at radius 1 is 1.12 bits per heavy atom. The molecule has 0 aliphatic heterocycles. The van der Waals surface area contributed by atoms with Crippen LogP contribution in [0.15, 0.2) is 53.4 Å². The Balaban J connectivity index is 2.01. The highest BCUT2D eigenvalue weighted by molar-refractivity contribution is 8.00. The molecule has 2 N–H and O–H groups in total. The van der Waals surface area contributed by atoms with Crippen LogP contribution in [0, 0.1) is 0 Å². The molecule has 0 aromatic heterocycles. The summed E-state index contributed by atoms with van der Waals surface area (Å²) in [7, 11) is 0. The third-order valence-corrected chi connectivity index (χ3v) is 4.08. The highest BCUT2D eigenvalue weighted by Gasteiger charge is 2.30. The van der Waals surface area contributed by atoms with Gasteiger partial charge in [-0.3, -0.25) is 4.79 Å². The van der Waals surface area contributed by atoms with E-state index < -0.39 is 24.0 Å². The van der Waals surface area contributed by atoms with Gasteiger partial charge in [-0.2, -0.15) is 13.2 Å². The van der Waals surface area contributed by atoms with Crippen LogP contribution in [-0.4, -0.2) is 21.7 Å². The fraction of sp³-hybridized carbons (Fsp3) is 0.235. The minimum Gasteiger partial charge on any atom is -0.489 e. The summed E-state index contributed by atoms with van der Waals surface area (Å²) in [6.07, 6.45) is -1.54. The maximum atomic E-state index is 12.6. The summed E-state index contributed by atoms with van der Waals surface area (Å²) in [4.78, 5) is 10.6. The van der Waals surface area contributed by atoms with Crippen LogP contribution in [0.3, 0.4) is 0 Å². The number of thioether (sulfide) groups is 1. The molecule has 0 saturated heterocycles. The van der Waals surface area contributed by atoms with Crippen LogP contribution in [0.25, 0.3) is 0 Å². The molecule has 0 aliphatic carbocycles. The molecule has 0 saturated carbocycles. The number of aliphatic hydroxyl groups excluding tert-OH is 1. The van der Waals surface area contributed by atoms with Crippen molar-refractivity contribution < 1.29 is 32.9 Å². The fourth-order valence-electron chi connectivity index (χ4n) is 2.08. The molecule has 0 bridgehead atoms. The van der Waals surface area contributed by atoms with Crippen molar-refractivity contribution in [3.63, 3.8) is 0 Å². The first kappa shape index (κ1) is 19.1. The van der Waals surface area contributed by atoms with E-state index in [4.69, 9.17) is 9.84 Å². The van der Waals surface area contributed by atoms with Crippen molar-refractivity contribution in [3.8, 4) is 5.75 Å². The van der Waals surface area contributed by atoms with E-state index >= 15 is 0 Å². The zero-order valence-electron chi connectivity index (χ0n) is 12.9. The Hall–Kier alpha value is -2.19. The molecule has 0 heterocycles. The molecule has 0 radical (unpaired) electrons. The van der Waals surface area contributed by atoms with Gasteiger partial charge in [0.25, 0.3) is 0 Å². The minimum atomic E-state index is -4.38. The molecule has 2 aromatic carbocycles. The second-order valence-electron chi connectivity index (χ2n) is 5.13. The van der Waals surface area contributed by atoms with Crippen molar-refractivity contribution in [3.05, 3.63) is 59.7 Å². The molecule has 2 aromatic rings. The Morgan fingerprint density at radius 2 is 1.76 bits per heavy atom. The van der Waals surface area contributed by atoms with Gasteiger partial charge in [-0.05, 0) is 35.5 Å². The highest BCUT2D eigenvalue weighted by atomic mass is 32.2. The Labute approximate surface area is 146 Å². The van der Waals surface area contributed by atoms with Gasteiger partial charge in [-0.15, -0.1) is 0 Å². The number of benzene rings is 2. The zero-order valence-corrected chi connectivity index (χ0v) is 13.7. The third-order valence-electron chi connectivity index (χ3n) is 3.23. The molecule has 4 nitrogen and oxygen atoms in total. The molecule has 0 aliphatic rings. The number of ether oxygens (including phenoxy) is 1. The van der Waals surface area contributed by atoms with Crippen molar-refractivity contribution in [1.29, 1.82) is 0 Å². The molecule has 25 heavy (non-hydrogen) atoms. The number of aliphatic carboxylic acids is 1. The lowest BCUT2D eigenvalue weighted by molar-refractivity contribution is -0.139. The molecule has 1 atom stereocenters. The molecule has 0 spiro atoms. The van der Waals surface area contributed by atoms with Gasteiger partial charge in [0.15, 0.2) is 0 Å². The molecule has 0 amide bonds. The summed E-state index contributed by atoms with van der Waals surface area (Å²) in [6.45, 7) is -0.0454. The van der Waals surface area contributed by atoms with E-state index in [9.17, 15) is 23.1 Å². The van der Waals surface area contributed by atoms with Crippen molar-refractivity contribution in [2.45, 2.75) is 29.5 Å². The first-order valence-electron chi connectivity index (χ1n) is 7.21. The van der Waals surface area contributed by atoms with Crippen LogP contribution in [0.5, 0.6) is 5.75 Å². The van der Waals surface area contributed by atoms with E-state index in [-0.39, 0.29) is 23.3 Å². The van der Waals surface area contributed by atoms with E-state index in [1.165, 1.54) is 36.4 Å². The number of aliphatic hydroxyl groups is 1. The molecule has 2 rings (SSSR count). The highest BCUT2D eigenvalue weighted by Crippen LogP contribution is 2.38. The van der Waals surface area contributed by atoms with Gasteiger partial charge < -0.3 is 14.9 Å². The van der Waals surface area contributed by atoms with Crippen molar-refractivity contribution in [1.82, 2.24) is 0 Å². The number of carbonyl (C=O) groups is 1. The van der Waals surface area contributed by atoms with Crippen LogP contribution in [0.2, 0.25) is 0 Å². The quantitative estimate of drug-likeness (QED) is 0.706. The van der Waals surface area contributed by atoms with Gasteiger partial charge in [0, 0.05) is 10.5 Å². The standard InChI is InChI=1S/C17H15F3O4S/c18-17(19,20)25-15-4-2-1-3-12(15)10-24-13-7-5-11(6-8-13)14(21)9-16(22)23/h1-8,14,21H,9-10H2,(H,22,23). The summed E-state index contributed by atoms with van der Waals surface area (Å²) in [6, 6.07) is 12.2. The Kier molecular flexibility index (Phi) is 6.33. The summed E-state index contributed by atoms with van der Waals surface area (Å²) in [5.41, 5.74) is -3.56. The lowest BCUT2D eigenvalue weighted by Crippen LogP contribution is -2.05. The predicted molar refractivity (Wildman–Crippen MR) is 86.3 cm³/mol. The number of hydrogen-bond donors (Lipinski definition) is 2. The average molecular weight is 372 g/mol. The summed E-state index contributed by atoms with van der Waals surface area (Å²) in [5.74, 6) is -0.718. The van der Waals surface area contributed by atoms with Gasteiger partial charge in [0.05, 0.1) is 12.5 Å². The number of hydrogen-bond acceptors (Lipinski definition) is 4. The largest absolute Gasteiger partial charge is 0.489 e. The number of carboxylic acid groups (broad SMARTS) is 1. The minimum absolute atomic E-state index is 0.0454. The van der Waals surface area contributed by atoms with Crippen LogP contribution in [-0.2, 0) is 11.4 Å². The number of alkyl halides is 3. The maximum absolute atomic E-state index is 12.6. The first-order chi connectivity index (χ1) is 11.7. The van der Waals surface area contributed by atoms with Gasteiger partial charge in [0.1, 0.15) is 12.4 Å². The Bertz CT molecular complexity index is 717. The van der Waals surface area contributed by atoms with Gasteiger partial charge >= 0.3 is 11.5 Å². The molecule has 8 heteroatoms. The van der Waals surface area contributed by atoms with E-state index in [1.54, 1.807) is 12.1 Å². The zero-order chi connectivity index (χ0) is 18.4. The van der Waals surface area contributed by atoms with Crippen LogP contribution in [0.4, 0.5) is 13.2 Å². The van der Waals surface area contributed by atoms with Crippen LogP contribution >= 0.6 is 11.8 Å². The van der Waals surface area contributed by atoms with E-state index in [2.05, 4.69) is 0 Å². The third kappa shape index (κ3) is 6.32. The number of rotatable bonds is 7. The summed E-state index contributed by atoms with van der Waals surface area (Å²) >= 11 is -0.194. The molecule has 134 valence electrons. The summed E-state index contributed by atoms with van der Waals surface area (Å²) < 4.78 is 43.1. The monoisotopic (exact) mass is 372 g/mol.